The lowest BCUT2D eigenvalue weighted by atomic mass is 10.2. The maximum atomic E-state index is 8.87. The third-order valence-electron chi connectivity index (χ3n) is 3.61. The maximum absolute atomic E-state index is 8.87. The SMILES string of the molecule is CC1CN(c2ccc(Nc3cccc(C#N)n3)cc2)CCO1. The summed E-state index contributed by atoms with van der Waals surface area (Å²) in [5.74, 6) is 0.673. The molecule has 1 aliphatic heterocycles. The van der Waals surface area contributed by atoms with Crippen LogP contribution in [0.5, 0.6) is 0 Å². The van der Waals surface area contributed by atoms with Crippen LogP contribution in [-0.2, 0) is 4.74 Å². The van der Waals surface area contributed by atoms with Gasteiger partial charge in [0.15, 0.2) is 0 Å². The van der Waals surface area contributed by atoms with Crippen LogP contribution in [0.15, 0.2) is 42.5 Å². The van der Waals surface area contributed by atoms with E-state index < -0.39 is 0 Å². The summed E-state index contributed by atoms with van der Waals surface area (Å²) in [6.07, 6.45) is 0.268. The van der Waals surface area contributed by atoms with Crippen LogP contribution in [0.2, 0.25) is 0 Å². The van der Waals surface area contributed by atoms with Crippen molar-refractivity contribution in [1.82, 2.24) is 4.98 Å². The van der Waals surface area contributed by atoms with E-state index in [9.17, 15) is 0 Å². The molecule has 1 fully saturated rings. The Kier molecular flexibility index (Phi) is 4.22. The largest absolute Gasteiger partial charge is 0.375 e. The molecule has 3 rings (SSSR count). The van der Waals surface area contributed by atoms with Gasteiger partial charge in [0, 0.05) is 24.5 Å². The van der Waals surface area contributed by atoms with Gasteiger partial charge in [-0.2, -0.15) is 5.26 Å². The topological polar surface area (TPSA) is 61.2 Å². The van der Waals surface area contributed by atoms with Gasteiger partial charge in [-0.3, -0.25) is 0 Å². The van der Waals surface area contributed by atoms with Gasteiger partial charge in [0.1, 0.15) is 17.6 Å². The lowest BCUT2D eigenvalue weighted by Gasteiger charge is -2.33. The molecule has 0 amide bonds. The van der Waals surface area contributed by atoms with Crippen molar-refractivity contribution in [2.75, 3.05) is 29.9 Å². The first-order valence-corrected chi connectivity index (χ1v) is 7.35. The van der Waals surface area contributed by atoms with E-state index in [2.05, 4.69) is 34.3 Å². The Bertz CT molecular complexity index is 678. The van der Waals surface area contributed by atoms with E-state index in [-0.39, 0.29) is 6.10 Å². The summed E-state index contributed by atoms with van der Waals surface area (Å²) in [5.41, 5.74) is 2.55. The molecule has 1 aromatic carbocycles. The first kappa shape index (κ1) is 14.4. The predicted molar refractivity (Wildman–Crippen MR) is 86.3 cm³/mol. The first-order valence-electron chi connectivity index (χ1n) is 7.35. The molecule has 1 atom stereocenters. The smallest absolute Gasteiger partial charge is 0.142 e. The molecule has 1 aliphatic rings. The van der Waals surface area contributed by atoms with Gasteiger partial charge in [-0.15, -0.1) is 0 Å². The Morgan fingerprint density at radius 3 is 2.82 bits per heavy atom. The molecule has 5 nitrogen and oxygen atoms in total. The molecule has 0 bridgehead atoms. The highest BCUT2D eigenvalue weighted by Crippen LogP contribution is 2.22. The molecule has 0 spiro atoms. The fraction of sp³-hybridized carbons (Fsp3) is 0.294. The highest BCUT2D eigenvalue weighted by Gasteiger charge is 2.16. The number of anilines is 3. The van der Waals surface area contributed by atoms with E-state index in [1.165, 1.54) is 5.69 Å². The zero-order valence-electron chi connectivity index (χ0n) is 12.5. The molecule has 1 N–H and O–H groups in total. The van der Waals surface area contributed by atoms with Gasteiger partial charge in [-0.25, -0.2) is 4.98 Å². The Morgan fingerprint density at radius 2 is 2.09 bits per heavy atom. The van der Waals surface area contributed by atoms with Gasteiger partial charge in [-0.05, 0) is 43.3 Å². The molecule has 112 valence electrons. The van der Waals surface area contributed by atoms with E-state index in [1.54, 1.807) is 6.07 Å². The van der Waals surface area contributed by atoms with Gasteiger partial charge in [0.25, 0.3) is 0 Å². The third kappa shape index (κ3) is 3.35. The standard InChI is InChI=1S/C17H18N4O/c1-13-12-21(9-10-22-13)16-7-5-14(6-8-16)19-17-4-2-3-15(11-18)20-17/h2-8,13H,9-10,12H2,1H3,(H,19,20). The molecule has 1 saturated heterocycles. The molecule has 0 saturated carbocycles. The van der Waals surface area contributed by atoms with Gasteiger partial charge < -0.3 is 15.0 Å². The van der Waals surface area contributed by atoms with Crippen molar-refractivity contribution in [3.05, 3.63) is 48.2 Å². The average molecular weight is 294 g/mol. The fourth-order valence-electron chi connectivity index (χ4n) is 2.52. The van der Waals surface area contributed by atoms with E-state index in [0.717, 1.165) is 25.4 Å². The normalized spacial score (nSPS) is 17.8. The number of benzene rings is 1. The van der Waals surface area contributed by atoms with Crippen LogP contribution in [0, 0.1) is 11.3 Å². The van der Waals surface area contributed by atoms with Crippen molar-refractivity contribution < 1.29 is 4.74 Å². The molecule has 1 aromatic heterocycles. The first-order chi connectivity index (χ1) is 10.7. The molecule has 2 heterocycles. The van der Waals surface area contributed by atoms with Crippen LogP contribution in [-0.4, -0.2) is 30.8 Å². The Hall–Kier alpha value is -2.58. The molecule has 22 heavy (non-hydrogen) atoms. The molecular formula is C17H18N4O. The lowest BCUT2D eigenvalue weighted by Crippen LogP contribution is -2.41. The zero-order valence-corrected chi connectivity index (χ0v) is 12.5. The number of nitriles is 1. The average Bonchev–Trinajstić information content (AvgIpc) is 2.56. The Labute approximate surface area is 130 Å². The second-order valence-electron chi connectivity index (χ2n) is 5.32. The van der Waals surface area contributed by atoms with Gasteiger partial charge in [-0.1, -0.05) is 6.07 Å². The number of nitrogens with zero attached hydrogens (tertiary/aromatic N) is 3. The molecule has 5 heteroatoms. The van der Waals surface area contributed by atoms with Crippen LogP contribution in [0.3, 0.4) is 0 Å². The molecule has 1 unspecified atom stereocenters. The summed E-state index contributed by atoms with van der Waals surface area (Å²) in [5, 5.41) is 12.1. The summed E-state index contributed by atoms with van der Waals surface area (Å²) in [6.45, 7) is 4.70. The quantitative estimate of drug-likeness (QED) is 0.943. The monoisotopic (exact) mass is 294 g/mol. The minimum atomic E-state index is 0.268. The molecule has 0 aliphatic carbocycles. The van der Waals surface area contributed by atoms with E-state index in [4.69, 9.17) is 10.00 Å². The number of hydrogen-bond donors (Lipinski definition) is 1. The van der Waals surface area contributed by atoms with Crippen LogP contribution in [0.4, 0.5) is 17.2 Å². The highest BCUT2D eigenvalue weighted by molar-refractivity contribution is 5.61. The van der Waals surface area contributed by atoms with Gasteiger partial charge >= 0.3 is 0 Å². The summed E-state index contributed by atoms with van der Waals surface area (Å²) < 4.78 is 5.57. The lowest BCUT2D eigenvalue weighted by molar-refractivity contribution is 0.0532. The summed E-state index contributed by atoms with van der Waals surface area (Å²) in [7, 11) is 0. The van der Waals surface area contributed by atoms with Crippen LogP contribution >= 0.6 is 0 Å². The molecule has 0 radical (unpaired) electrons. The Balaban J connectivity index is 1.70. The van der Waals surface area contributed by atoms with Crippen LogP contribution in [0.25, 0.3) is 0 Å². The van der Waals surface area contributed by atoms with Crippen molar-refractivity contribution in [3.8, 4) is 6.07 Å². The van der Waals surface area contributed by atoms with E-state index in [1.807, 2.05) is 30.3 Å². The number of hydrogen-bond acceptors (Lipinski definition) is 5. The van der Waals surface area contributed by atoms with Gasteiger partial charge in [0.05, 0.1) is 12.7 Å². The maximum Gasteiger partial charge on any atom is 0.142 e. The van der Waals surface area contributed by atoms with Crippen molar-refractivity contribution in [1.29, 1.82) is 5.26 Å². The highest BCUT2D eigenvalue weighted by atomic mass is 16.5. The van der Waals surface area contributed by atoms with Crippen molar-refractivity contribution in [2.45, 2.75) is 13.0 Å². The number of rotatable bonds is 3. The minimum Gasteiger partial charge on any atom is -0.375 e. The summed E-state index contributed by atoms with van der Waals surface area (Å²) in [4.78, 5) is 6.54. The van der Waals surface area contributed by atoms with Gasteiger partial charge in [0.2, 0.25) is 0 Å². The van der Waals surface area contributed by atoms with Crippen LogP contribution < -0.4 is 10.2 Å². The summed E-state index contributed by atoms with van der Waals surface area (Å²) >= 11 is 0. The number of ether oxygens (including phenoxy) is 1. The van der Waals surface area contributed by atoms with E-state index in [0.29, 0.717) is 11.5 Å². The molecule has 2 aromatic rings. The van der Waals surface area contributed by atoms with Crippen molar-refractivity contribution in [3.63, 3.8) is 0 Å². The second-order valence-corrected chi connectivity index (χ2v) is 5.32. The fourth-order valence-corrected chi connectivity index (χ4v) is 2.52. The number of nitrogens with one attached hydrogen (secondary N) is 1. The minimum absolute atomic E-state index is 0.268. The van der Waals surface area contributed by atoms with Crippen molar-refractivity contribution >= 4 is 17.2 Å². The number of aromatic nitrogens is 1. The van der Waals surface area contributed by atoms with E-state index >= 15 is 0 Å². The summed E-state index contributed by atoms with van der Waals surface area (Å²) in [6, 6.07) is 15.6. The second kappa shape index (κ2) is 6.46. The molecular weight excluding hydrogens is 276 g/mol. The third-order valence-corrected chi connectivity index (χ3v) is 3.61. The number of morpholine rings is 1. The predicted octanol–water partition coefficient (Wildman–Crippen LogP) is 2.92. The number of pyridine rings is 1. The Morgan fingerprint density at radius 1 is 1.27 bits per heavy atom. The van der Waals surface area contributed by atoms with Crippen molar-refractivity contribution in [2.24, 2.45) is 0 Å². The zero-order chi connectivity index (χ0) is 15.4. The van der Waals surface area contributed by atoms with Crippen LogP contribution in [0.1, 0.15) is 12.6 Å².